The van der Waals surface area contributed by atoms with Crippen LogP contribution in [0.15, 0.2) is 23.1 Å². The summed E-state index contributed by atoms with van der Waals surface area (Å²) in [5.74, 6) is -2.45. The molecule has 2 rings (SSSR count). The zero-order valence-corrected chi connectivity index (χ0v) is 11.8. The van der Waals surface area contributed by atoms with Crippen LogP contribution in [0, 0.1) is 0 Å². The van der Waals surface area contributed by atoms with Crippen molar-refractivity contribution in [2.24, 2.45) is 0 Å². The van der Waals surface area contributed by atoms with Crippen molar-refractivity contribution in [2.45, 2.75) is 11.3 Å². The largest absolute Gasteiger partial charge is 0.478 e. The lowest BCUT2D eigenvalue weighted by Gasteiger charge is -2.14. The summed E-state index contributed by atoms with van der Waals surface area (Å²) < 4.78 is 25.1. The van der Waals surface area contributed by atoms with E-state index in [0.717, 1.165) is 12.1 Å². The fourth-order valence-electron chi connectivity index (χ4n) is 1.96. The van der Waals surface area contributed by atoms with E-state index in [1.165, 1.54) is 13.1 Å². The average Bonchev–Trinajstić information content (AvgIpc) is 2.63. The van der Waals surface area contributed by atoms with Crippen LogP contribution in [0.5, 0.6) is 0 Å². The standard InChI is InChI=1S/C12H12N2O6S/c1-13-10(15)4-5-14-11(16)8-3-2-7(12(17)18)6-9(8)21(14,19)20/h2-3,6H,4-5H2,1H3,(H,13,15)(H,17,18). The minimum absolute atomic E-state index is 0.0862. The van der Waals surface area contributed by atoms with E-state index in [2.05, 4.69) is 5.32 Å². The number of carboxylic acid groups (broad SMARTS) is 1. The number of hydrogen-bond acceptors (Lipinski definition) is 5. The number of nitrogens with zero attached hydrogens (tertiary/aromatic N) is 1. The van der Waals surface area contributed by atoms with Crippen LogP contribution in [0.3, 0.4) is 0 Å². The number of aromatic carboxylic acids is 1. The molecule has 0 aliphatic carbocycles. The van der Waals surface area contributed by atoms with Crippen molar-refractivity contribution in [2.75, 3.05) is 13.6 Å². The van der Waals surface area contributed by atoms with Gasteiger partial charge in [-0.25, -0.2) is 17.5 Å². The molecule has 0 saturated heterocycles. The molecule has 8 nitrogen and oxygen atoms in total. The molecule has 0 atom stereocenters. The van der Waals surface area contributed by atoms with Gasteiger partial charge in [-0.05, 0) is 18.2 Å². The summed E-state index contributed by atoms with van der Waals surface area (Å²) in [6.45, 7) is -0.294. The SMILES string of the molecule is CNC(=O)CCN1C(=O)c2ccc(C(=O)O)cc2S1(=O)=O. The van der Waals surface area contributed by atoms with Gasteiger partial charge in [0.2, 0.25) is 5.91 Å². The van der Waals surface area contributed by atoms with Crippen molar-refractivity contribution < 1.29 is 27.9 Å². The first-order valence-electron chi connectivity index (χ1n) is 5.94. The highest BCUT2D eigenvalue weighted by Gasteiger charge is 2.41. The Morgan fingerprint density at radius 2 is 2.00 bits per heavy atom. The van der Waals surface area contributed by atoms with Gasteiger partial charge in [0.15, 0.2) is 0 Å². The number of hydrogen-bond donors (Lipinski definition) is 2. The van der Waals surface area contributed by atoms with E-state index in [4.69, 9.17) is 5.11 Å². The second-order valence-corrected chi connectivity index (χ2v) is 6.15. The molecule has 1 aliphatic heterocycles. The number of amides is 2. The Morgan fingerprint density at radius 1 is 1.33 bits per heavy atom. The molecular weight excluding hydrogens is 300 g/mol. The minimum atomic E-state index is -4.12. The molecule has 1 aromatic rings. The van der Waals surface area contributed by atoms with Crippen molar-refractivity contribution in [1.82, 2.24) is 9.62 Å². The minimum Gasteiger partial charge on any atom is -0.478 e. The summed E-state index contributed by atoms with van der Waals surface area (Å²) in [6.07, 6.45) is -0.165. The van der Waals surface area contributed by atoms with Gasteiger partial charge in [0.25, 0.3) is 15.9 Å². The van der Waals surface area contributed by atoms with E-state index in [-0.39, 0.29) is 29.0 Å². The zero-order chi connectivity index (χ0) is 15.8. The first kappa shape index (κ1) is 15.0. The number of carbonyl (C=O) groups excluding carboxylic acids is 2. The van der Waals surface area contributed by atoms with E-state index < -0.39 is 27.8 Å². The number of sulfonamides is 1. The van der Waals surface area contributed by atoms with Crippen LogP contribution in [0.1, 0.15) is 27.1 Å². The lowest BCUT2D eigenvalue weighted by Crippen LogP contribution is -2.33. The molecule has 1 aromatic carbocycles. The van der Waals surface area contributed by atoms with Crippen LogP contribution in [0.25, 0.3) is 0 Å². The number of fused-ring (bicyclic) bond motifs is 1. The molecule has 0 saturated carbocycles. The van der Waals surface area contributed by atoms with Crippen LogP contribution < -0.4 is 5.32 Å². The first-order valence-corrected chi connectivity index (χ1v) is 7.38. The van der Waals surface area contributed by atoms with Gasteiger partial charge in [0.1, 0.15) is 4.90 Å². The molecule has 1 aliphatic rings. The third-order valence-electron chi connectivity index (χ3n) is 3.07. The summed E-state index contributed by atoms with van der Waals surface area (Å²) in [6, 6.07) is 3.28. The van der Waals surface area contributed by atoms with Gasteiger partial charge in [0.05, 0.1) is 11.1 Å². The molecule has 1 heterocycles. The molecule has 2 N–H and O–H groups in total. The van der Waals surface area contributed by atoms with Crippen molar-refractivity contribution in [3.8, 4) is 0 Å². The van der Waals surface area contributed by atoms with E-state index in [1.807, 2.05) is 0 Å². The highest BCUT2D eigenvalue weighted by atomic mass is 32.2. The van der Waals surface area contributed by atoms with Crippen LogP contribution in [-0.2, 0) is 14.8 Å². The summed E-state index contributed by atoms with van der Waals surface area (Å²) >= 11 is 0. The van der Waals surface area contributed by atoms with Gasteiger partial charge >= 0.3 is 5.97 Å². The van der Waals surface area contributed by atoms with E-state index in [1.54, 1.807) is 0 Å². The van der Waals surface area contributed by atoms with Gasteiger partial charge in [-0.1, -0.05) is 0 Å². The quantitative estimate of drug-likeness (QED) is 0.785. The van der Waals surface area contributed by atoms with Crippen LogP contribution >= 0.6 is 0 Å². The number of rotatable bonds is 4. The Labute approximate surface area is 120 Å². The van der Waals surface area contributed by atoms with Crippen molar-refractivity contribution in [3.63, 3.8) is 0 Å². The van der Waals surface area contributed by atoms with Crippen molar-refractivity contribution >= 4 is 27.8 Å². The molecule has 0 fully saturated rings. The molecule has 0 bridgehead atoms. The number of nitrogens with one attached hydrogen (secondary N) is 1. The maximum atomic E-state index is 12.3. The van der Waals surface area contributed by atoms with E-state index in [9.17, 15) is 22.8 Å². The fourth-order valence-corrected chi connectivity index (χ4v) is 3.55. The van der Waals surface area contributed by atoms with Crippen molar-refractivity contribution in [3.05, 3.63) is 29.3 Å². The Hall–Kier alpha value is -2.42. The molecule has 0 aromatic heterocycles. The molecule has 0 spiro atoms. The average molecular weight is 312 g/mol. The van der Waals surface area contributed by atoms with Gasteiger partial charge in [0, 0.05) is 20.0 Å². The first-order chi connectivity index (χ1) is 9.78. The zero-order valence-electron chi connectivity index (χ0n) is 11.0. The molecular formula is C12H12N2O6S. The summed E-state index contributed by atoms with van der Waals surface area (Å²) in [5, 5.41) is 11.2. The Bertz CT molecular complexity index is 740. The van der Waals surface area contributed by atoms with Gasteiger partial charge in [-0.3, -0.25) is 9.59 Å². The predicted molar refractivity (Wildman–Crippen MR) is 70.3 cm³/mol. The maximum Gasteiger partial charge on any atom is 0.335 e. The lowest BCUT2D eigenvalue weighted by molar-refractivity contribution is -0.120. The van der Waals surface area contributed by atoms with E-state index >= 15 is 0 Å². The monoisotopic (exact) mass is 312 g/mol. The van der Waals surface area contributed by atoms with Crippen LogP contribution in [0.4, 0.5) is 0 Å². The Balaban J connectivity index is 2.40. The number of carbonyl (C=O) groups is 3. The summed E-state index contributed by atoms with van der Waals surface area (Å²) in [4.78, 5) is 33.8. The second-order valence-electron chi connectivity index (χ2n) is 4.32. The molecule has 112 valence electrons. The maximum absolute atomic E-state index is 12.3. The molecule has 21 heavy (non-hydrogen) atoms. The summed E-state index contributed by atoms with van der Waals surface area (Å²) in [7, 11) is -2.72. The molecule has 9 heteroatoms. The number of carboxylic acids is 1. The molecule has 2 amide bonds. The van der Waals surface area contributed by atoms with Crippen LogP contribution in [-0.4, -0.2) is 49.2 Å². The Kier molecular flexibility index (Phi) is 3.69. The summed E-state index contributed by atoms with van der Waals surface area (Å²) in [5.41, 5.74) is -0.310. The predicted octanol–water partition coefficient (Wildman–Crippen LogP) is -0.335. The molecule has 0 radical (unpaired) electrons. The third kappa shape index (κ3) is 2.47. The second kappa shape index (κ2) is 5.17. The normalized spacial score (nSPS) is 15.7. The lowest BCUT2D eigenvalue weighted by atomic mass is 10.1. The molecule has 0 unspecified atom stereocenters. The highest BCUT2D eigenvalue weighted by Crippen LogP contribution is 2.31. The third-order valence-corrected chi connectivity index (χ3v) is 4.90. The Morgan fingerprint density at radius 3 is 2.57 bits per heavy atom. The van der Waals surface area contributed by atoms with Gasteiger partial charge in [-0.2, -0.15) is 0 Å². The van der Waals surface area contributed by atoms with Crippen LogP contribution in [0.2, 0.25) is 0 Å². The fraction of sp³-hybridized carbons (Fsp3) is 0.250. The number of benzene rings is 1. The van der Waals surface area contributed by atoms with Gasteiger partial charge < -0.3 is 10.4 Å². The smallest absolute Gasteiger partial charge is 0.335 e. The highest BCUT2D eigenvalue weighted by molar-refractivity contribution is 7.90. The van der Waals surface area contributed by atoms with Gasteiger partial charge in [-0.15, -0.1) is 0 Å². The topological polar surface area (TPSA) is 121 Å². The van der Waals surface area contributed by atoms with Crippen molar-refractivity contribution in [1.29, 1.82) is 0 Å². The van der Waals surface area contributed by atoms with E-state index in [0.29, 0.717) is 4.31 Å².